The van der Waals surface area contributed by atoms with Crippen molar-refractivity contribution in [3.8, 4) is 11.5 Å². The smallest absolute Gasteiger partial charge is 0.325 e. The lowest BCUT2D eigenvalue weighted by Crippen LogP contribution is -2.46. The van der Waals surface area contributed by atoms with Gasteiger partial charge in [-0.3, -0.25) is 14.9 Å². The first-order valence-electron chi connectivity index (χ1n) is 10.8. The molecule has 1 aliphatic heterocycles. The molecule has 1 atom stereocenters. The topological polar surface area (TPSA) is 149 Å². The van der Waals surface area contributed by atoms with E-state index in [1.807, 2.05) is 12.2 Å². The fraction of sp³-hybridized carbons (Fsp3) is 0.348. The van der Waals surface area contributed by atoms with Gasteiger partial charge in [-0.25, -0.2) is 13.2 Å². The average Bonchev–Trinajstić information content (AvgIpc) is 2.81. The number of hydrogen-bond acceptors (Lipinski definition) is 8. The Hall–Kier alpha value is -3.64. The maximum atomic E-state index is 12.6. The summed E-state index contributed by atoms with van der Waals surface area (Å²) in [5.41, 5.74) is 1.25. The predicted octanol–water partition coefficient (Wildman–Crippen LogP) is 1.96. The molecule has 0 fully saturated rings. The summed E-state index contributed by atoms with van der Waals surface area (Å²) >= 11 is 0. The maximum absolute atomic E-state index is 12.6. The zero-order valence-electron chi connectivity index (χ0n) is 19.5. The van der Waals surface area contributed by atoms with Crippen molar-refractivity contribution in [1.82, 2.24) is 10.0 Å². The van der Waals surface area contributed by atoms with Crippen LogP contribution < -0.4 is 24.8 Å². The fourth-order valence-corrected chi connectivity index (χ4v) is 4.41. The lowest BCUT2D eigenvalue weighted by atomic mass is 10.1. The van der Waals surface area contributed by atoms with Gasteiger partial charge in [-0.15, -0.1) is 0 Å². The van der Waals surface area contributed by atoms with Crippen molar-refractivity contribution in [2.45, 2.75) is 31.7 Å². The minimum absolute atomic E-state index is 0.00453. The van der Waals surface area contributed by atoms with Gasteiger partial charge in [-0.1, -0.05) is 31.5 Å². The standard InChI is InChI=1S/C23H27N3O8S/c1-14(2)21(26-35(30,31)17-7-4-15(3)5-8-17)22(28)34-13-20(27)25-23(29)24-16-6-9-18-19(12-16)33-11-10-32-18/h4-9,12,14,21,26H,10-11,13H2,1-3H3,(H2,24,25,27,29)/t21-/m1/s1. The Balaban J connectivity index is 1.52. The van der Waals surface area contributed by atoms with Gasteiger partial charge in [-0.2, -0.15) is 4.72 Å². The number of benzene rings is 2. The number of amides is 3. The van der Waals surface area contributed by atoms with Crippen molar-refractivity contribution in [2.75, 3.05) is 25.1 Å². The van der Waals surface area contributed by atoms with Gasteiger partial charge in [0.1, 0.15) is 19.3 Å². The number of urea groups is 1. The molecule has 35 heavy (non-hydrogen) atoms. The molecule has 2 aromatic carbocycles. The Labute approximate surface area is 203 Å². The second kappa shape index (κ2) is 11.2. The number of sulfonamides is 1. The van der Waals surface area contributed by atoms with Crippen molar-refractivity contribution in [3.63, 3.8) is 0 Å². The minimum atomic E-state index is -4.00. The molecule has 1 aliphatic rings. The molecule has 0 spiro atoms. The van der Waals surface area contributed by atoms with Gasteiger partial charge in [0.2, 0.25) is 10.0 Å². The van der Waals surface area contributed by atoms with Gasteiger partial charge in [0.15, 0.2) is 18.1 Å². The highest BCUT2D eigenvalue weighted by molar-refractivity contribution is 7.89. The van der Waals surface area contributed by atoms with E-state index in [2.05, 4.69) is 10.0 Å². The lowest BCUT2D eigenvalue weighted by molar-refractivity contribution is -0.150. The quantitative estimate of drug-likeness (QED) is 0.461. The van der Waals surface area contributed by atoms with Gasteiger partial charge < -0.3 is 19.5 Å². The second-order valence-electron chi connectivity index (χ2n) is 8.12. The third kappa shape index (κ3) is 7.17. The molecule has 0 aromatic heterocycles. The van der Waals surface area contributed by atoms with E-state index in [4.69, 9.17) is 14.2 Å². The molecule has 0 saturated carbocycles. The minimum Gasteiger partial charge on any atom is -0.486 e. The normalized spacial score (nSPS) is 13.6. The van der Waals surface area contributed by atoms with Crippen molar-refractivity contribution in [3.05, 3.63) is 48.0 Å². The number of imide groups is 1. The lowest BCUT2D eigenvalue weighted by Gasteiger charge is -2.21. The van der Waals surface area contributed by atoms with Crippen LogP contribution >= 0.6 is 0 Å². The van der Waals surface area contributed by atoms with Crippen LogP contribution in [0.25, 0.3) is 0 Å². The van der Waals surface area contributed by atoms with Crippen LogP contribution in [-0.2, 0) is 24.3 Å². The molecule has 188 valence electrons. The number of aryl methyl sites for hydroxylation is 1. The molecule has 1 heterocycles. The molecule has 3 rings (SSSR count). The van der Waals surface area contributed by atoms with Crippen LogP contribution in [0.1, 0.15) is 19.4 Å². The third-order valence-electron chi connectivity index (χ3n) is 4.93. The highest BCUT2D eigenvalue weighted by Gasteiger charge is 2.30. The molecule has 0 saturated heterocycles. The summed E-state index contributed by atoms with van der Waals surface area (Å²) < 4.78 is 43.4. The first-order chi connectivity index (χ1) is 16.5. The van der Waals surface area contributed by atoms with Crippen LogP contribution in [0.3, 0.4) is 0 Å². The fourth-order valence-electron chi connectivity index (χ4n) is 3.08. The number of ether oxygens (including phenoxy) is 3. The first-order valence-corrected chi connectivity index (χ1v) is 12.3. The number of fused-ring (bicyclic) bond motifs is 1. The summed E-state index contributed by atoms with van der Waals surface area (Å²) in [6, 6.07) is 8.79. The predicted molar refractivity (Wildman–Crippen MR) is 126 cm³/mol. The number of esters is 1. The van der Waals surface area contributed by atoms with E-state index in [0.29, 0.717) is 30.4 Å². The molecule has 3 amide bonds. The monoisotopic (exact) mass is 505 g/mol. The molecule has 2 aromatic rings. The zero-order chi connectivity index (χ0) is 25.6. The molecule has 3 N–H and O–H groups in total. The highest BCUT2D eigenvalue weighted by atomic mass is 32.2. The SMILES string of the molecule is Cc1ccc(S(=O)(=O)N[C@@H](C(=O)OCC(=O)NC(=O)Nc2ccc3c(c2)OCCO3)C(C)C)cc1. The Bertz CT molecular complexity index is 1200. The second-order valence-corrected chi connectivity index (χ2v) is 9.84. The van der Waals surface area contributed by atoms with Gasteiger partial charge in [-0.05, 0) is 37.1 Å². The number of hydrogen-bond donors (Lipinski definition) is 3. The van der Waals surface area contributed by atoms with Gasteiger partial charge in [0.05, 0.1) is 4.90 Å². The molecule has 0 bridgehead atoms. The third-order valence-corrected chi connectivity index (χ3v) is 6.39. The van der Waals surface area contributed by atoms with Crippen LogP contribution in [0, 0.1) is 12.8 Å². The summed E-state index contributed by atoms with van der Waals surface area (Å²) in [5, 5.41) is 4.50. The van der Waals surface area contributed by atoms with E-state index in [-0.39, 0.29) is 4.90 Å². The molecule has 11 nitrogen and oxygen atoms in total. The first kappa shape index (κ1) is 26.0. The Morgan fingerprint density at radius 2 is 1.66 bits per heavy atom. The van der Waals surface area contributed by atoms with E-state index in [1.54, 1.807) is 44.2 Å². The zero-order valence-corrected chi connectivity index (χ0v) is 20.3. The van der Waals surface area contributed by atoms with E-state index >= 15 is 0 Å². The number of carbonyl (C=O) groups is 3. The number of rotatable bonds is 8. The van der Waals surface area contributed by atoms with E-state index in [1.165, 1.54) is 12.1 Å². The van der Waals surface area contributed by atoms with E-state index in [9.17, 15) is 22.8 Å². The molecule has 0 radical (unpaired) electrons. The van der Waals surface area contributed by atoms with Gasteiger partial charge >= 0.3 is 12.0 Å². The molecule has 0 unspecified atom stereocenters. The Morgan fingerprint density at radius 3 is 2.31 bits per heavy atom. The summed E-state index contributed by atoms with van der Waals surface area (Å²) in [7, 11) is -4.00. The summed E-state index contributed by atoms with van der Waals surface area (Å²) in [6.45, 7) is 5.11. The number of anilines is 1. The molecular weight excluding hydrogens is 478 g/mol. The Kier molecular flexibility index (Phi) is 8.30. The van der Waals surface area contributed by atoms with Crippen molar-refractivity contribution in [1.29, 1.82) is 0 Å². The van der Waals surface area contributed by atoms with Crippen LogP contribution in [-0.4, -0.2) is 52.2 Å². The summed E-state index contributed by atoms with van der Waals surface area (Å²) in [5.74, 6) is -1.30. The number of nitrogens with one attached hydrogen (secondary N) is 3. The molecule has 0 aliphatic carbocycles. The largest absolute Gasteiger partial charge is 0.486 e. The molecular formula is C23H27N3O8S. The number of carbonyl (C=O) groups excluding carboxylic acids is 3. The summed E-state index contributed by atoms with van der Waals surface area (Å²) in [6.07, 6.45) is 0. The van der Waals surface area contributed by atoms with Crippen LogP contribution in [0.4, 0.5) is 10.5 Å². The van der Waals surface area contributed by atoms with Crippen LogP contribution in [0.5, 0.6) is 11.5 Å². The van der Waals surface area contributed by atoms with Crippen molar-refractivity contribution in [2.24, 2.45) is 5.92 Å². The van der Waals surface area contributed by atoms with Crippen LogP contribution in [0.15, 0.2) is 47.4 Å². The van der Waals surface area contributed by atoms with E-state index in [0.717, 1.165) is 5.56 Å². The van der Waals surface area contributed by atoms with Gasteiger partial charge in [0.25, 0.3) is 5.91 Å². The van der Waals surface area contributed by atoms with Crippen molar-refractivity contribution < 1.29 is 37.0 Å². The molecule has 12 heteroatoms. The van der Waals surface area contributed by atoms with E-state index < -0.39 is 46.5 Å². The highest BCUT2D eigenvalue weighted by Crippen LogP contribution is 2.32. The Morgan fingerprint density at radius 1 is 1.00 bits per heavy atom. The average molecular weight is 506 g/mol. The van der Waals surface area contributed by atoms with Crippen molar-refractivity contribution >= 4 is 33.6 Å². The summed E-state index contributed by atoms with van der Waals surface area (Å²) in [4.78, 5) is 36.7. The van der Waals surface area contributed by atoms with Crippen LogP contribution in [0.2, 0.25) is 0 Å². The van der Waals surface area contributed by atoms with Gasteiger partial charge in [0, 0.05) is 11.8 Å². The maximum Gasteiger partial charge on any atom is 0.325 e.